The number of amides is 3. The number of morpholine rings is 1. The van der Waals surface area contributed by atoms with Gasteiger partial charge >= 0.3 is 0 Å². The molecular weight excluding hydrogens is 652 g/mol. The van der Waals surface area contributed by atoms with Crippen LogP contribution >= 0.6 is 0 Å². The minimum absolute atomic E-state index is 0.0835. The van der Waals surface area contributed by atoms with Crippen LogP contribution in [0, 0.1) is 0 Å². The summed E-state index contributed by atoms with van der Waals surface area (Å²) in [6.45, 7) is 5.71. The van der Waals surface area contributed by atoms with Gasteiger partial charge in [-0.3, -0.25) is 24.1 Å². The van der Waals surface area contributed by atoms with Crippen LogP contribution in [0.1, 0.15) is 30.5 Å². The maximum absolute atomic E-state index is 14.2. The van der Waals surface area contributed by atoms with Crippen LogP contribution < -0.4 is 20.7 Å². The van der Waals surface area contributed by atoms with E-state index in [1.165, 1.54) is 7.11 Å². The topological polar surface area (TPSA) is 145 Å². The summed E-state index contributed by atoms with van der Waals surface area (Å²) in [7, 11) is 3.00. The van der Waals surface area contributed by atoms with Crippen LogP contribution in [0.2, 0.25) is 0 Å². The van der Waals surface area contributed by atoms with E-state index in [1.807, 2.05) is 65.6 Å². The number of methoxy groups -OCH3 is 2. The molecule has 0 bridgehead atoms. The Balaban J connectivity index is 1.57. The number of hydrogen-bond donors (Lipinski definition) is 3. The van der Waals surface area contributed by atoms with Gasteiger partial charge in [-0.1, -0.05) is 72.8 Å². The third-order valence-corrected chi connectivity index (χ3v) is 8.77. The van der Waals surface area contributed by atoms with Gasteiger partial charge in [-0.25, -0.2) is 0 Å². The maximum Gasteiger partial charge on any atom is 0.245 e. The van der Waals surface area contributed by atoms with Crippen LogP contribution in [0.15, 0.2) is 84.9 Å². The molecule has 1 saturated heterocycles. The molecule has 0 aliphatic carbocycles. The highest BCUT2D eigenvalue weighted by molar-refractivity contribution is 5.97. The van der Waals surface area contributed by atoms with Crippen molar-refractivity contribution in [1.82, 2.24) is 20.9 Å². The highest BCUT2D eigenvalue weighted by Crippen LogP contribution is 2.17. The zero-order chi connectivity index (χ0) is 36.6. The fourth-order valence-electron chi connectivity index (χ4n) is 5.58. The Bertz CT molecular complexity index is 1550. The molecular formula is C39H50N4O8. The largest absolute Gasteiger partial charge is 0.497 e. The van der Waals surface area contributed by atoms with Crippen molar-refractivity contribution >= 4 is 23.5 Å². The summed E-state index contributed by atoms with van der Waals surface area (Å²) >= 11 is 0. The average Bonchev–Trinajstić information content (AvgIpc) is 3.15. The van der Waals surface area contributed by atoms with E-state index in [1.54, 1.807) is 45.2 Å². The maximum atomic E-state index is 14.2. The van der Waals surface area contributed by atoms with E-state index in [0.717, 1.165) is 16.7 Å². The van der Waals surface area contributed by atoms with Crippen LogP contribution in [0.25, 0.3) is 0 Å². The Hall–Kier alpha value is -4.62. The highest BCUT2D eigenvalue weighted by atomic mass is 16.5. The standard InChI is InChI=1S/C39H50N4O8/c1-39(2,49-4)36(45)32(23-28-11-7-5-8-12-28)41-37(46)33(24-29-15-17-31(48-3)18-16-29)42-38(47)34(27-51-26-30-13-9-6-10-14-30)40-35(44)25-43-19-21-50-22-20-43/h5-18,32-34H,19-27H2,1-4H3,(H,40,44)(H,41,46)(H,42,47). The molecule has 3 amide bonds. The molecule has 3 atom stereocenters. The van der Waals surface area contributed by atoms with Gasteiger partial charge in [-0.15, -0.1) is 0 Å². The second-order valence-corrected chi connectivity index (χ2v) is 13.0. The van der Waals surface area contributed by atoms with Crippen molar-refractivity contribution in [3.8, 4) is 5.75 Å². The van der Waals surface area contributed by atoms with E-state index < -0.39 is 35.5 Å². The number of carbonyl (C=O) groups is 4. The first-order valence-electron chi connectivity index (χ1n) is 17.2. The average molecular weight is 703 g/mol. The number of ether oxygens (including phenoxy) is 4. The monoisotopic (exact) mass is 702 g/mol. The normalized spacial score (nSPS) is 15.2. The summed E-state index contributed by atoms with van der Waals surface area (Å²) in [5, 5.41) is 8.58. The molecule has 0 radical (unpaired) electrons. The predicted molar refractivity (Wildman–Crippen MR) is 192 cm³/mol. The van der Waals surface area contributed by atoms with Crippen molar-refractivity contribution in [2.45, 2.75) is 57.0 Å². The minimum atomic E-state index is -1.19. The second-order valence-electron chi connectivity index (χ2n) is 13.0. The van der Waals surface area contributed by atoms with E-state index in [-0.39, 0.29) is 44.3 Å². The fraction of sp³-hybridized carbons (Fsp3) is 0.436. The molecule has 4 rings (SSSR count). The second kappa shape index (κ2) is 19.7. The lowest BCUT2D eigenvalue weighted by Gasteiger charge is -2.30. The number of rotatable bonds is 19. The fourth-order valence-corrected chi connectivity index (χ4v) is 5.58. The van der Waals surface area contributed by atoms with Gasteiger partial charge in [0.2, 0.25) is 17.7 Å². The van der Waals surface area contributed by atoms with E-state index >= 15 is 0 Å². The van der Waals surface area contributed by atoms with Gasteiger partial charge in [-0.05, 0) is 49.1 Å². The molecule has 1 aliphatic rings. The summed E-state index contributed by atoms with van der Waals surface area (Å²) < 4.78 is 22.1. The van der Waals surface area contributed by atoms with Crippen molar-refractivity contribution in [3.05, 3.63) is 102 Å². The van der Waals surface area contributed by atoms with E-state index in [4.69, 9.17) is 18.9 Å². The van der Waals surface area contributed by atoms with Gasteiger partial charge in [0.15, 0.2) is 5.78 Å². The molecule has 1 heterocycles. The summed E-state index contributed by atoms with van der Waals surface area (Å²) in [6, 6.07) is 22.8. The number of ketones is 1. The molecule has 3 aromatic rings. The molecule has 12 nitrogen and oxygen atoms in total. The molecule has 0 saturated carbocycles. The van der Waals surface area contributed by atoms with E-state index in [9.17, 15) is 19.2 Å². The van der Waals surface area contributed by atoms with Gasteiger partial charge in [0.05, 0.1) is 46.1 Å². The van der Waals surface area contributed by atoms with Crippen LogP contribution in [0.3, 0.4) is 0 Å². The third-order valence-electron chi connectivity index (χ3n) is 8.77. The van der Waals surface area contributed by atoms with Crippen molar-refractivity contribution < 1.29 is 38.1 Å². The lowest BCUT2D eigenvalue weighted by molar-refractivity contribution is -0.142. The van der Waals surface area contributed by atoms with Crippen LogP contribution in [-0.2, 0) is 52.8 Å². The zero-order valence-electron chi connectivity index (χ0n) is 29.9. The van der Waals surface area contributed by atoms with Gasteiger partial charge < -0.3 is 34.9 Å². The Morgan fingerprint density at radius 1 is 0.725 bits per heavy atom. The van der Waals surface area contributed by atoms with Crippen molar-refractivity contribution in [1.29, 1.82) is 0 Å². The predicted octanol–water partition coefficient (Wildman–Crippen LogP) is 2.48. The number of carbonyl (C=O) groups excluding carboxylic acids is 4. The molecule has 274 valence electrons. The van der Waals surface area contributed by atoms with Crippen molar-refractivity contribution in [3.63, 3.8) is 0 Å². The summed E-state index contributed by atoms with van der Waals surface area (Å²) in [4.78, 5) is 57.0. The quantitative estimate of drug-likeness (QED) is 0.172. The number of hydrogen-bond acceptors (Lipinski definition) is 9. The van der Waals surface area contributed by atoms with Crippen LogP contribution in [-0.4, -0.2) is 106 Å². The van der Waals surface area contributed by atoms with Gasteiger partial charge in [0.1, 0.15) is 23.4 Å². The lowest BCUT2D eigenvalue weighted by atomic mass is 9.91. The molecule has 3 N–H and O–H groups in total. The van der Waals surface area contributed by atoms with E-state index in [2.05, 4.69) is 16.0 Å². The van der Waals surface area contributed by atoms with Crippen molar-refractivity contribution in [2.24, 2.45) is 0 Å². The highest BCUT2D eigenvalue weighted by Gasteiger charge is 2.36. The Morgan fingerprint density at radius 3 is 1.88 bits per heavy atom. The molecule has 0 spiro atoms. The SMILES string of the molecule is COc1ccc(CC(NC(=O)C(COCc2ccccc2)NC(=O)CN2CCOCC2)C(=O)NC(Cc2ccccc2)C(=O)C(C)(C)OC)cc1. The molecule has 51 heavy (non-hydrogen) atoms. The number of benzene rings is 3. The Kier molecular flexibility index (Phi) is 15.1. The Labute approximate surface area is 300 Å². The third kappa shape index (κ3) is 12.6. The first-order valence-corrected chi connectivity index (χ1v) is 17.2. The van der Waals surface area contributed by atoms with Gasteiger partial charge in [0, 0.05) is 26.6 Å². The first kappa shape index (κ1) is 39.2. The molecule has 1 fully saturated rings. The lowest BCUT2D eigenvalue weighted by Crippen LogP contribution is -2.59. The molecule has 0 aromatic heterocycles. The first-order chi connectivity index (χ1) is 24.6. The summed E-state index contributed by atoms with van der Waals surface area (Å²) in [5.74, 6) is -1.21. The Morgan fingerprint density at radius 2 is 1.27 bits per heavy atom. The molecule has 12 heteroatoms. The van der Waals surface area contributed by atoms with Crippen molar-refractivity contribution in [2.75, 3.05) is 53.7 Å². The molecule has 1 aliphatic heterocycles. The summed E-state index contributed by atoms with van der Waals surface area (Å²) in [6.07, 6.45) is 0.315. The zero-order valence-corrected chi connectivity index (χ0v) is 29.9. The van der Waals surface area contributed by atoms with Crippen LogP contribution in [0.5, 0.6) is 5.75 Å². The number of nitrogens with zero attached hydrogens (tertiary/aromatic N) is 1. The smallest absolute Gasteiger partial charge is 0.245 e. The molecule has 3 unspecified atom stereocenters. The number of nitrogens with one attached hydrogen (secondary N) is 3. The summed E-state index contributed by atoms with van der Waals surface area (Å²) in [5.41, 5.74) is 1.30. The molecule has 3 aromatic carbocycles. The van der Waals surface area contributed by atoms with Crippen LogP contribution in [0.4, 0.5) is 0 Å². The van der Waals surface area contributed by atoms with Gasteiger partial charge in [-0.2, -0.15) is 0 Å². The van der Waals surface area contributed by atoms with E-state index in [0.29, 0.717) is 32.1 Å². The minimum Gasteiger partial charge on any atom is -0.497 e. The van der Waals surface area contributed by atoms with Gasteiger partial charge in [0.25, 0.3) is 0 Å². The number of Topliss-reactive ketones (excluding diaryl/α,β-unsaturated/α-hetero) is 1.